The van der Waals surface area contributed by atoms with E-state index in [0.717, 1.165) is 4.57 Å². The van der Waals surface area contributed by atoms with E-state index in [0.29, 0.717) is 0 Å². The van der Waals surface area contributed by atoms with Crippen molar-refractivity contribution >= 4 is 0 Å². The van der Waals surface area contributed by atoms with Gasteiger partial charge >= 0.3 is 0 Å². The minimum Gasteiger partial charge on any atom is -0.497 e. The fourth-order valence-electron chi connectivity index (χ4n) is 1.07. The van der Waals surface area contributed by atoms with Gasteiger partial charge in [0.25, 0.3) is 0 Å². The van der Waals surface area contributed by atoms with E-state index in [1.54, 1.807) is 0 Å². The smallest absolute Gasteiger partial charge is 0.172 e. The van der Waals surface area contributed by atoms with E-state index in [2.05, 4.69) is 6.07 Å². The number of hydrogen-bond acceptors (Lipinski definition) is 2. The fourth-order valence-corrected chi connectivity index (χ4v) is 1.07. The first-order valence-corrected chi connectivity index (χ1v) is 4.22. The van der Waals surface area contributed by atoms with Crippen LogP contribution in [-0.2, 0) is 32.7 Å². The third-order valence-electron chi connectivity index (χ3n) is 1.80. The third kappa shape index (κ3) is 2.80. The maximum atomic E-state index is 11.7. The molecule has 1 aromatic carbocycles. The van der Waals surface area contributed by atoms with E-state index in [1.165, 1.54) is 25.4 Å². The van der Waals surface area contributed by atoms with E-state index in [9.17, 15) is 4.79 Å². The summed E-state index contributed by atoms with van der Waals surface area (Å²) in [6.07, 6.45) is 1.28. The molecular formula is C12H10NO2Y-. The molecule has 1 aromatic heterocycles. The second-order valence-corrected chi connectivity index (χ2v) is 2.72. The summed E-state index contributed by atoms with van der Waals surface area (Å²) in [6, 6.07) is 4.00. The van der Waals surface area contributed by atoms with Crippen molar-refractivity contribution < 1.29 is 42.9 Å². The summed E-state index contributed by atoms with van der Waals surface area (Å²) in [4.78, 5) is 11.7. The molecule has 2 aromatic rings. The molecule has 0 saturated carbocycles. The Morgan fingerprint density at radius 1 is 1.38 bits per heavy atom. The molecule has 1 radical (unpaired) electrons. The van der Waals surface area contributed by atoms with Crippen LogP contribution in [0.15, 0.2) is 47.3 Å². The Kier molecular flexibility index (Phi) is 3.06. The van der Waals surface area contributed by atoms with Gasteiger partial charge in [-0.05, 0) is 24.2 Å². The second-order valence-electron chi connectivity index (χ2n) is 2.72. The van der Waals surface area contributed by atoms with Crippen LogP contribution in [0.2, 0.25) is 0 Å². The second kappa shape index (κ2) is 5.97. The molecule has 79 valence electrons. The van der Waals surface area contributed by atoms with E-state index in [4.69, 9.17) is 10.2 Å². The molecule has 16 heavy (non-hydrogen) atoms. The summed E-state index contributed by atoms with van der Waals surface area (Å²) < 4.78 is 37.1. The van der Waals surface area contributed by atoms with Gasteiger partial charge in [0.2, 0.25) is 0 Å². The Balaban J connectivity index is 0.00000200. The Hall–Kier alpha value is -0.926. The summed E-state index contributed by atoms with van der Waals surface area (Å²) in [5, 5.41) is 0. The molecule has 0 spiro atoms. The molecule has 0 unspecified atom stereocenters. The van der Waals surface area contributed by atoms with Crippen molar-refractivity contribution in [1.82, 2.24) is 4.57 Å². The minimum absolute atomic E-state index is 0. The van der Waals surface area contributed by atoms with Crippen LogP contribution in [0.25, 0.3) is 5.69 Å². The SMILES string of the molecule is [2H]c1c([2H])c(-n2c[c-]ccc2=O)c([2H])c([2H])c1OC.[Y]. The molecule has 0 atom stereocenters. The first kappa shape index (κ1) is 8.21. The molecule has 3 nitrogen and oxygen atoms in total. The zero-order valence-corrected chi connectivity index (χ0v) is 11.4. The van der Waals surface area contributed by atoms with E-state index < -0.39 is 5.56 Å². The van der Waals surface area contributed by atoms with Crippen molar-refractivity contribution in [3.05, 3.63) is 58.9 Å². The Labute approximate surface area is 125 Å². The number of nitrogens with zero attached hydrogens (tertiary/aromatic N) is 1. The Morgan fingerprint density at radius 3 is 2.62 bits per heavy atom. The molecule has 0 saturated heterocycles. The summed E-state index contributed by atoms with van der Waals surface area (Å²) in [7, 11) is 1.27. The number of benzene rings is 1. The number of aromatic nitrogens is 1. The van der Waals surface area contributed by atoms with Crippen molar-refractivity contribution in [3.63, 3.8) is 0 Å². The maximum absolute atomic E-state index is 11.7. The monoisotopic (exact) mass is 293 g/mol. The minimum atomic E-state index is -0.454. The maximum Gasteiger partial charge on any atom is 0.172 e. The van der Waals surface area contributed by atoms with Gasteiger partial charge in [0, 0.05) is 38.4 Å². The predicted octanol–water partition coefficient (Wildman–Crippen LogP) is 1.64. The Bertz CT molecular complexity index is 673. The molecule has 0 N–H and O–H groups in total. The number of methoxy groups -OCH3 is 1. The van der Waals surface area contributed by atoms with E-state index >= 15 is 0 Å². The van der Waals surface area contributed by atoms with Crippen LogP contribution in [0.3, 0.4) is 0 Å². The van der Waals surface area contributed by atoms with Crippen molar-refractivity contribution in [2.45, 2.75) is 0 Å². The van der Waals surface area contributed by atoms with Gasteiger partial charge in [-0.15, -0.1) is 6.07 Å². The largest absolute Gasteiger partial charge is 0.497 e. The Morgan fingerprint density at radius 2 is 2.06 bits per heavy atom. The molecule has 0 fully saturated rings. The zero-order valence-electron chi connectivity index (χ0n) is 12.6. The summed E-state index contributed by atoms with van der Waals surface area (Å²) >= 11 is 0. The van der Waals surface area contributed by atoms with Gasteiger partial charge < -0.3 is 9.30 Å². The van der Waals surface area contributed by atoms with Gasteiger partial charge in [-0.25, -0.2) is 12.1 Å². The number of ether oxygens (including phenoxy) is 1. The average molecular weight is 293 g/mol. The number of rotatable bonds is 2. The average Bonchev–Trinajstić information content (AvgIpc) is 2.40. The normalized spacial score (nSPS) is 12.8. The van der Waals surface area contributed by atoms with Crippen LogP contribution >= 0.6 is 0 Å². The van der Waals surface area contributed by atoms with E-state index in [-0.39, 0.29) is 68.3 Å². The first-order valence-electron chi connectivity index (χ1n) is 6.22. The van der Waals surface area contributed by atoms with Crippen molar-refractivity contribution in [2.24, 2.45) is 0 Å². The standard InChI is InChI=1S/C12H10NO2.Y/c1-15-11-7-5-10(6-8-11)13-9-3-2-4-12(13)14;/h2,4-9H,1H3;/q-1;/i5D,6D,7D,8D;. The van der Waals surface area contributed by atoms with Gasteiger partial charge in [-0.3, -0.25) is 4.79 Å². The van der Waals surface area contributed by atoms with Gasteiger partial charge in [-0.2, -0.15) is 0 Å². The summed E-state index contributed by atoms with van der Waals surface area (Å²) in [5.41, 5.74) is -0.567. The van der Waals surface area contributed by atoms with Gasteiger partial charge in [0.05, 0.1) is 12.6 Å². The number of hydrogen-bond donors (Lipinski definition) is 0. The fraction of sp³-hybridized carbons (Fsp3) is 0.0833. The topological polar surface area (TPSA) is 31.2 Å². The molecule has 1 heterocycles. The summed E-state index contributed by atoms with van der Waals surface area (Å²) in [6.45, 7) is 0. The van der Waals surface area contributed by atoms with Crippen LogP contribution < -0.4 is 10.3 Å². The van der Waals surface area contributed by atoms with Crippen LogP contribution in [0.4, 0.5) is 0 Å². The number of pyridine rings is 1. The first-order chi connectivity index (χ1) is 8.99. The van der Waals surface area contributed by atoms with Crippen molar-refractivity contribution in [2.75, 3.05) is 7.11 Å². The van der Waals surface area contributed by atoms with Gasteiger partial charge in [0.15, 0.2) is 5.56 Å². The third-order valence-corrected chi connectivity index (χ3v) is 1.80. The van der Waals surface area contributed by atoms with Crippen LogP contribution in [0.1, 0.15) is 5.48 Å². The van der Waals surface area contributed by atoms with Crippen molar-refractivity contribution in [3.8, 4) is 11.4 Å². The quantitative estimate of drug-likeness (QED) is 0.788. The molecule has 0 aliphatic rings. The molecule has 4 heteroatoms. The molecule has 2 rings (SSSR count). The van der Waals surface area contributed by atoms with Crippen LogP contribution in [0.5, 0.6) is 5.75 Å². The van der Waals surface area contributed by atoms with Gasteiger partial charge in [-0.1, -0.05) is 6.20 Å². The molecular weight excluding hydrogens is 279 g/mol. The van der Waals surface area contributed by atoms with Crippen LogP contribution in [0, 0.1) is 6.07 Å². The predicted molar refractivity (Wildman–Crippen MR) is 57.4 cm³/mol. The zero-order chi connectivity index (χ0) is 14.2. The van der Waals surface area contributed by atoms with Crippen molar-refractivity contribution in [1.29, 1.82) is 0 Å². The van der Waals surface area contributed by atoms with E-state index in [1.807, 2.05) is 0 Å². The molecule has 0 amide bonds. The van der Waals surface area contributed by atoms with Gasteiger partial charge in [0.1, 0.15) is 5.75 Å². The molecule has 0 aliphatic heterocycles. The molecule has 0 aliphatic carbocycles. The summed E-state index contributed by atoms with van der Waals surface area (Å²) in [5.74, 6) is -0.147. The van der Waals surface area contributed by atoms with Crippen LogP contribution in [-0.4, -0.2) is 11.7 Å². The molecule has 0 bridgehead atoms.